The molecule has 0 aromatic carbocycles. The standard InChI is InChI=1S/C18H29N3O/c1-20-17(15-5-6-15)16(10-19-20)11-21-8-2-7-18(12-21,13-22)9-14-3-4-14/h10,14-15,22H,2-9,11-13H2,1H3. The monoisotopic (exact) mass is 303 g/mol. The first-order valence-electron chi connectivity index (χ1n) is 9.03. The van der Waals surface area contributed by atoms with Crippen molar-refractivity contribution in [3.05, 3.63) is 17.5 Å². The molecule has 0 bridgehead atoms. The van der Waals surface area contributed by atoms with Gasteiger partial charge < -0.3 is 5.11 Å². The van der Waals surface area contributed by atoms with Crippen molar-refractivity contribution in [3.63, 3.8) is 0 Å². The summed E-state index contributed by atoms with van der Waals surface area (Å²) in [6.45, 7) is 3.62. The highest BCUT2D eigenvalue weighted by Gasteiger charge is 2.40. The molecule has 3 aliphatic rings. The second-order valence-corrected chi connectivity index (χ2v) is 8.07. The normalized spacial score (nSPS) is 29.9. The first-order chi connectivity index (χ1) is 10.7. The maximum Gasteiger partial charge on any atom is 0.0537 e. The van der Waals surface area contributed by atoms with Gasteiger partial charge in [-0.25, -0.2) is 0 Å². The molecule has 1 unspecified atom stereocenters. The molecule has 2 heterocycles. The molecule has 2 saturated carbocycles. The Morgan fingerprint density at radius 2 is 2.14 bits per heavy atom. The van der Waals surface area contributed by atoms with Gasteiger partial charge in [-0.2, -0.15) is 5.10 Å². The number of hydrogen-bond donors (Lipinski definition) is 1. The molecule has 0 spiro atoms. The molecule has 1 aromatic heterocycles. The highest BCUT2D eigenvalue weighted by molar-refractivity contribution is 5.25. The fraction of sp³-hybridized carbons (Fsp3) is 0.833. The van der Waals surface area contributed by atoms with Crippen molar-refractivity contribution >= 4 is 0 Å². The van der Waals surface area contributed by atoms with Crippen LogP contribution >= 0.6 is 0 Å². The number of piperidine rings is 1. The molecule has 3 fully saturated rings. The second-order valence-electron chi connectivity index (χ2n) is 8.07. The summed E-state index contributed by atoms with van der Waals surface area (Å²) in [5.41, 5.74) is 3.05. The van der Waals surface area contributed by atoms with Gasteiger partial charge in [0.1, 0.15) is 0 Å². The van der Waals surface area contributed by atoms with Crippen LogP contribution in [0.5, 0.6) is 0 Å². The molecule has 2 aliphatic carbocycles. The summed E-state index contributed by atoms with van der Waals surface area (Å²) in [5.74, 6) is 1.65. The van der Waals surface area contributed by atoms with Crippen molar-refractivity contribution in [2.75, 3.05) is 19.7 Å². The van der Waals surface area contributed by atoms with E-state index in [0.29, 0.717) is 6.61 Å². The average molecular weight is 303 g/mol. The van der Waals surface area contributed by atoms with Crippen molar-refractivity contribution in [1.82, 2.24) is 14.7 Å². The summed E-state index contributed by atoms with van der Waals surface area (Å²) in [6.07, 6.45) is 11.2. The van der Waals surface area contributed by atoms with Gasteiger partial charge in [-0.3, -0.25) is 9.58 Å². The van der Waals surface area contributed by atoms with Gasteiger partial charge in [0.15, 0.2) is 0 Å². The van der Waals surface area contributed by atoms with E-state index in [1.807, 2.05) is 0 Å². The predicted molar refractivity (Wildman–Crippen MR) is 86.6 cm³/mol. The van der Waals surface area contributed by atoms with Gasteiger partial charge in [-0.15, -0.1) is 0 Å². The van der Waals surface area contributed by atoms with Gasteiger partial charge in [0.25, 0.3) is 0 Å². The number of aromatic nitrogens is 2. The largest absolute Gasteiger partial charge is 0.396 e. The molecular weight excluding hydrogens is 274 g/mol. The Labute approximate surface area is 133 Å². The number of aliphatic hydroxyl groups excluding tert-OH is 1. The van der Waals surface area contributed by atoms with Crippen LogP contribution in [0.25, 0.3) is 0 Å². The van der Waals surface area contributed by atoms with E-state index in [0.717, 1.165) is 24.9 Å². The zero-order valence-corrected chi connectivity index (χ0v) is 13.8. The van der Waals surface area contributed by atoms with Gasteiger partial charge in [-0.05, 0) is 44.6 Å². The highest BCUT2D eigenvalue weighted by Crippen LogP contribution is 2.45. The van der Waals surface area contributed by atoms with Crippen LogP contribution in [0.3, 0.4) is 0 Å². The quantitative estimate of drug-likeness (QED) is 0.878. The third-order valence-electron chi connectivity index (χ3n) is 5.92. The van der Waals surface area contributed by atoms with Crippen LogP contribution in [-0.2, 0) is 13.6 Å². The zero-order chi connectivity index (χ0) is 15.2. The molecule has 1 aliphatic heterocycles. The average Bonchev–Trinajstić information content (AvgIpc) is 3.43. The van der Waals surface area contributed by atoms with E-state index in [1.54, 1.807) is 0 Å². The maximum atomic E-state index is 10.0. The van der Waals surface area contributed by atoms with Crippen LogP contribution in [0.1, 0.15) is 62.1 Å². The smallest absolute Gasteiger partial charge is 0.0537 e. The SMILES string of the molecule is Cn1ncc(CN2CCCC(CO)(CC3CC3)C2)c1C1CC1. The highest BCUT2D eigenvalue weighted by atomic mass is 16.3. The van der Waals surface area contributed by atoms with Crippen LogP contribution in [-0.4, -0.2) is 39.5 Å². The van der Waals surface area contributed by atoms with Gasteiger partial charge in [-0.1, -0.05) is 12.8 Å². The van der Waals surface area contributed by atoms with Crippen LogP contribution in [0, 0.1) is 11.3 Å². The molecule has 4 rings (SSSR count). The van der Waals surface area contributed by atoms with Gasteiger partial charge in [0.2, 0.25) is 0 Å². The minimum absolute atomic E-state index is 0.168. The number of aliphatic hydroxyl groups is 1. The van der Waals surface area contributed by atoms with Crippen molar-refractivity contribution in [2.45, 2.75) is 57.4 Å². The lowest BCUT2D eigenvalue weighted by Gasteiger charge is -2.42. The Kier molecular flexibility index (Phi) is 3.77. The van der Waals surface area contributed by atoms with Gasteiger partial charge >= 0.3 is 0 Å². The summed E-state index contributed by atoms with van der Waals surface area (Å²) >= 11 is 0. The Morgan fingerprint density at radius 1 is 1.32 bits per heavy atom. The van der Waals surface area contributed by atoms with Crippen molar-refractivity contribution < 1.29 is 5.11 Å². The summed E-state index contributed by atoms with van der Waals surface area (Å²) in [6, 6.07) is 0. The number of nitrogens with zero attached hydrogens (tertiary/aromatic N) is 3. The van der Waals surface area contributed by atoms with Gasteiger partial charge in [0.05, 0.1) is 6.20 Å². The summed E-state index contributed by atoms with van der Waals surface area (Å²) in [7, 11) is 2.08. The molecule has 122 valence electrons. The molecule has 0 radical (unpaired) electrons. The van der Waals surface area contributed by atoms with Gasteiger partial charge in [0, 0.05) is 49.3 Å². The minimum Gasteiger partial charge on any atom is -0.396 e. The van der Waals surface area contributed by atoms with Crippen LogP contribution in [0.15, 0.2) is 6.20 Å². The summed E-state index contributed by atoms with van der Waals surface area (Å²) in [4.78, 5) is 2.57. The third-order valence-corrected chi connectivity index (χ3v) is 5.92. The number of rotatable bonds is 6. The fourth-order valence-corrected chi connectivity index (χ4v) is 4.48. The molecule has 1 saturated heterocycles. The topological polar surface area (TPSA) is 41.3 Å². The molecule has 1 atom stereocenters. The molecule has 22 heavy (non-hydrogen) atoms. The maximum absolute atomic E-state index is 10.0. The second kappa shape index (κ2) is 5.64. The van der Waals surface area contributed by atoms with Crippen LogP contribution in [0.4, 0.5) is 0 Å². The number of likely N-dealkylation sites (tertiary alicyclic amines) is 1. The Morgan fingerprint density at radius 3 is 2.82 bits per heavy atom. The van der Waals surface area contributed by atoms with Crippen molar-refractivity contribution in [3.8, 4) is 0 Å². The van der Waals surface area contributed by atoms with E-state index < -0.39 is 0 Å². The number of aryl methyl sites for hydroxylation is 1. The Hall–Kier alpha value is -0.870. The lowest BCUT2D eigenvalue weighted by atomic mass is 9.76. The fourth-order valence-electron chi connectivity index (χ4n) is 4.48. The molecule has 4 heteroatoms. The van der Waals surface area contributed by atoms with Crippen LogP contribution in [0.2, 0.25) is 0 Å². The third kappa shape index (κ3) is 2.95. The molecule has 4 nitrogen and oxygen atoms in total. The lowest BCUT2D eigenvalue weighted by Crippen LogP contribution is -2.45. The van der Waals surface area contributed by atoms with E-state index in [2.05, 4.69) is 27.9 Å². The zero-order valence-electron chi connectivity index (χ0n) is 13.8. The van der Waals surface area contributed by atoms with Crippen molar-refractivity contribution in [1.29, 1.82) is 0 Å². The van der Waals surface area contributed by atoms with E-state index in [4.69, 9.17) is 0 Å². The Bertz CT molecular complexity index is 532. The van der Waals surface area contributed by atoms with E-state index in [1.165, 1.54) is 62.7 Å². The Balaban J connectivity index is 1.46. The van der Waals surface area contributed by atoms with E-state index >= 15 is 0 Å². The lowest BCUT2D eigenvalue weighted by molar-refractivity contribution is 0.0179. The molecule has 1 aromatic rings. The molecule has 1 N–H and O–H groups in total. The molecular formula is C18H29N3O. The number of hydrogen-bond acceptors (Lipinski definition) is 3. The van der Waals surface area contributed by atoms with E-state index in [-0.39, 0.29) is 5.41 Å². The van der Waals surface area contributed by atoms with E-state index in [9.17, 15) is 5.11 Å². The minimum atomic E-state index is 0.168. The summed E-state index contributed by atoms with van der Waals surface area (Å²) < 4.78 is 2.08. The first kappa shape index (κ1) is 14.7. The van der Waals surface area contributed by atoms with Crippen LogP contribution < -0.4 is 0 Å². The predicted octanol–water partition coefficient (Wildman–Crippen LogP) is 2.67. The van der Waals surface area contributed by atoms with Crippen molar-refractivity contribution in [2.24, 2.45) is 18.4 Å². The first-order valence-corrected chi connectivity index (χ1v) is 9.03. The molecule has 0 amide bonds. The summed E-state index contributed by atoms with van der Waals surface area (Å²) in [5, 5.41) is 14.5.